The van der Waals surface area contributed by atoms with Crippen LogP contribution in [0.15, 0.2) is 12.1 Å². The summed E-state index contributed by atoms with van der Waals surface area (Å²) in [6, 6.07) is 4.83. The molecule has 0 aliphatic carbocycles. The average molecular weight is 377 g/mol. The Kier molecular flexibility index (Phi) is 7.05. The third kappa shape index (κ3) is 4.52. The molecule has 0 aromatic heterocycles. The lowest BCUT2D eigenvalue weighted by Crippen LogP contribution is -2.19. The molecule has 0 aliphatic heterocycles. The molecule has 27 heavy (non-hydrogen) atoms. The summed E-state index contributed by atoms with van der Waals surface area (Å²) in [4.78, 5) is 0. The van der Waals surface area contributed by atoms with Gasteiger partial charge in [-0.05, 0) is 91.8 Å². The summed E-state index contributed by atoms with van der Waals surface area (Å²) >= 11 is 3.02. The van der Waals surface area contributed by atoms with E-state index in [2.05, 4.69) is 90.7 Å². The summed E-state index contributed by atoms with van der Waals surface area (Å²) in [5.41, 5.74) is 13.2. The summed E-state index contributed by atoms with van der Waals surface area (Å²) in [5, 5.41) is 0. The molecule has 2 rings (SSSR count). The second kappa shape index (κ2) is 8.55. The molecule has 0 fully saturated rings. The molecule has 2 aromatic carbocycles. The van der Waals surface area contributed by atoms with Gasteiger partial charge in [0.15, 0.2) is 16.3 Å². The van der Waals surface area contributed by atoms with Crippen LogP contribution in [0, 0.1) is 34.6 Å². The molecule has 0 saturated carbocycles. The monoisotopic (exact) mass is 376 g/mol. The quantitative estimate of drug-likeness (QED) is 0.401. The highest BCUT2D eigenvalue weighted by Gasteiger charge is 2.21. The van der Waals surface area contributed by atoms with Crippen LogP contribution in [-0.2, 0) is 11.8 Å². The highest BCUT2D eigenvalue weighted by molar-refractivity contribution is 6.35. The fourth-order valence-electron chi connectivity index (χ4n) is 4.85. The molecule has 0 amide bonds. The Bertz CT molecular complexity index is 812. The van der Waals surface area contributed by atoms with Gasteiger partial charge in [0, 0.05) is 0 Å². The van der Waals surface area contributed by atoms with E-state index < -0.39 is 0 Å². The molecular weight excluding hydrogens is 339 g/mol. The molecule has 0 spiro atoms. The molecule has 0 N–H and O–H groups in total. The maximum atomic E-state index is 3.02. The van der Waals surface area contributed by atoms with Gasteiger partial charge in [-0.15, -0.1) is 4.43 Å². The van der Waals surface area contributed by atoms with Crippen molar-refractivity contribution in [2.45, 2.75) is 93.4 Å². The number of hydrogen-bond donors (Lipinski definition) is 0. The average Bonchev–Trinajstić information content (AvgIpc) is 2.54. The maximum Gasteiger partial charge on any atom is 0.176 e. The number of aryl methyl sites for hydroxylation is 2. The Balaban J connectivity index is 2.69. The zero-order valence-corrected chi connectivity index (χ0v) is 20.2. The number of rotatable bonds is 5. The van der Waals surface area contributed by atoms with Gasteiger partial charge in [-0.25, -0.2) is 0 Å². The Morgan fingerprint density at radius 3 is 1.85 bits per heavy atom. The zero-order valence-electron chi connectivity index (χ0n) is 19.1. The van der Waals surface area contributed by atoms with Crippen molar-refractivity contribution in [3.8, 4) is 11.1 Å². The topological polar surface area (TPSA) is 0 Å². The fourth-order valence-corrected chi connectivity index (χ4v) is 5.43. The number of hydrogen-bond acceptors (Lipinski definition) is 0. The minimum Gasteiger partial charge on any atom is -0.132 e. The summed E-state index contributed by atoms with van der Waals surface area (Å²) in [6.45, 7) is 20.7. The first-order chi connectivity index (χ1) is 12.5. The molecule has 2 radical (unpaired) electrons. The predicted octanol–water partition coefficient (Wildman–Crippen LogP) is 6.72. The molecule has 0 nitrogen and oxygen atoms in total. The zero-order chi connectivity index (χ0) is 20.5. The smallest absolute Gasteiger partial charge is 0.132 e. The Hall–Kier alpha value is -1.03. The lowest BCUT2D eigenvalue weighted by molar-refractivity contribution is 0.582. The van der Waals surface area contributed by atoms with E-state index in [0.717, 1.165) is 0 Å². The molecule has 0 bridgehead atoms. The first-order valence-electron chi connectivity index (χ1n) is 10.5. The van der Waals surface area contributed by atoms with E-state index in [1.807, 2.05) is 0 Å². The van der Waals surface area contributed by atoms with Crippen LogP contribution >= 0.6 is 0 Å². The molecule has 1 heteroatoms. The summed E-state index contributed by atoms with van der Waals surface area (Å²) in [5.74, 6) is 0. The van der Waals surface area contributed by atoms with Gasteiger partial charge in [0.2, 0.25) is 0 Å². The van der Waals surface area contributed by atoms with Crippen LogP contribution in [0.4, 0.5) is 0 Å². The number of benzene rings is 2. The SMILES string of the molecule is CCCCCc1c(C)c(-c2cc(C)c(C(C)(C)C)c(C)c2)c(C)c(C)[c]1[Al]. The van der Waals surface area contributed by atoms with Gasteiger partial charge in [0.1, 0.15) is 0 Å². The molecular formula is C26H37Al. The summed E-state index contributed by atoms with van der Waals surface area (Å²) in [6.07, 6.45) is 5.05. The molecule has 144 valence electrons. The second-order valence-electron chi connectivity index (χ2n) is 9.33. The van der Waals surface area contributed by atoms with Crippen molar-refractivity contribution >= 4 is 20.7 Å². The van der Waals surface area contributed by atoms with Crippen molar-refractivity contribution in [3.63, 3.8) is 0 Å². The van der Waals surface area contributed by atoms with Crippen molar-refractivity contribution in [2.24, 2.45) is 0 Å². The van der Waals surface area contributed by atoms with Crippen LogP contribution in [-0.4, -0.2) is 16.3 Å². The van der Waals surface area contributed by atoms with Crippen LogP contribution in [0.2, 0.25) is 0 Å². The highest BCUT2D eigenvalue weighted by atomic mass is 27.0. The van der Waals surface area contributed by atoms with Gasteiger partial charge >= 0.3 is 0 Å². The van der Waals surface area contributed by atoms with Crippen molar-refractivity contribution in [1.82, 2.24) is 0 Å². The Labute approximate surface area is 176 Å². The van der Waals surface area contributed by atoms with Crippen LogP contribution in [0.5, 0.6) is 0 Å². The van der Waals surface area contributed by atoms with Gasteiger partial charge in [0.25, 0.3) is 0 Å². The molecule has 2 aromatic rings. The van der Waals surface area contributed by atoms with Crippen LogP contribution < -0.4 is 4.43 Å². The van der Waals surface area contributed by atoms with Crippen LogP contribution in [0.25, 0.3) is 11.1 Å². The molecule has 0 heterocycles. The highest BCUT2D eigenvalue weighted by Crippen LogP contribution is 2.36. The Morgan fingerprint density at radius 1 is 0.815 bits per heavy atom. The van der Waals surface area contributed by atoms with Gasteiger partial charge in [0.05, 0.1) is 0 Å². The Morgan fingerprint density at radius 2 is 1.37 bits per heavy atom. The second-order valence-corrected chi connectivity index (χ2v) is 9.91. The fraction of sp³-hybridized carbons (Fsp3) is 0.538. The van der Waals surface area contributed by atoms with E-state index in [-0.39, 0.29) is 5.41 Å². The predicted molar refractivity (Wildman–Crippen MR) is 123 cm³/mol. The largest absolute Gasteiger partial charge is 0.176 e. The van der Waals surface area contributed by atoms with E-state index in [0.29, 0.717) is 0 Å². The van der Waals surface area contributed by atoms with E-state index in [1.54, 1.807) is 5.56 Å². The maximum absolute atomic E-state index is 3.02. The van der Waals surface area contributed by atoms with Crippen molar-refractivity contribution in [3.05, 3.63) is 51.1 Å². The van der Waals surface area contributed by atoms with Crippen molar-refractivity contribution < 1.29 is 0 Å². The molecule has 0 atom stereocenters. The lowest BCUT2D eigenvalue weighted by Gasteiger charge is -2.27. The van der Waals surface area contributed by atoms with Gasteiger partial charge < -0.3 is 0 Å². The van der Waals surface area contributed by atoms with Crippen molar-refractivity contribution in [2.75, 3.05) is 0 Å². The van der Waals surface area contributed by atoms with E-state index in [9.17, 15) is 0 Å². The van der Waals surface area contributed by atoms with Gasteiger partial charge in [-0.3, -0.25) is 0 Å². The molecule has 0 saturated heterocycles. The molecule has 0 unspecified atom stereocenters. The van der Waals surface area contributed by atoms with Crippen LogP contribution in [0.3, 0.4) is 0 Å². The third-order valence-electron chi connectivity index (χ3n) is 6.10. The molecule has 0 aliphatic rings. The minimum absolute atomic E-state index is 0.182. The first-order valence-corrected chi connectivity index (χ1v) is 11.1. The third-order valence-corrected chi connectivity index (χ3v) is 6.88. The van der Waals surface area contributed by atoms with Crippen molar-refractivity contribution in [1.29, 1.82) is 0 Å². The van der Waals surface area contributed by atoms with Gasteiger partial charge in [-0.2, -0.15) is 0 Å². The van der Waals surface area contributed by atoms with Crippen LogP contribution in [0.1, 0.15) is 85.9 Å². The standard InChI is InChI=1S/C26H37.Al/c1-10-11-12-13-22-14-17(2)20(5)24(21(22)6)23-15-18(3)25(19(4)16-23)26(7,8)9;/h15-16H,10-13H2,1-9H3;. The van der Waals surface area contributed by atoms with E-state index >= 15 is 0 Å². The summed E-state index contributed by atoms with van der Waals surface area (Å²) in [7, 11) is 0. The van der Waals surface area contributed by atoms with E-state index in [1.165, 1.54) is 74.6 Å². The first kappa shape index (κ1) is 22.3. The van der Waals surface area contributed by atoms with Gasteiger partial charge in [-0.1, -0.05) is 63.8 Å². The minimum atomic E-state index is 0.182. The normalized spacial score (nSPS) is 11.9. The number of unbranched alkanes of at least 4 members (excludes halogenated alkanes) is 2. The van der Waals surface area contributed by atoms with E-state index in [4.69, 9.17) is 0 Å². The summed E-state index contributed by atoms with van der Waals surface area (Å²) < 4.78 is 1.42. The lowest BCUT2D eigenvalue weighted by atomic mass is 9.79.